The lowest BCUT2D eigenvalue weighted by Gasteiger charge is -2.20. The number of fused-ring (bicyclic) bond motifs is 1. The van der Waals surface area contributed by atoms with Gasteiger partial charge in [-0.2, -0.15) is 0 Å². The number of carbonyl (C=O) groups excluding carboxylic acids is 1. The highest BCUT2D eigenvalue weighted by atomic mass is 16.1. The van der Waals surface area contributed by atoms with Crippen LogP contribution in [0.1, 0.15) is 25.7 Å². The van der Waals surface area contributed by atoms with Crippen molar-refractivity contribution in [2.75, 3.05) is 23.3 Å². The molecule has 1 aliphatic heterocycles. The van der Waals surface area contributed by atoms with Crippen molar-refractivity contribution < 1.29 is 4.79 Å². The number of para-hydroxylation sites is 2. The minimum Gasteiger partial charge on any atom is -0.355 e. The van der Waals surface area contributed by atoms with Crippen LogP contribution in [-0.4, -0.2) is 38.7 Å². The van der Waals surface area contributed by atoms with Crippen molar-refractivity contribution in [1.82, 2.24) is 19.7 Å². The van der Waals surface area contributed by atoms with E-state index in [-0.39, 0.29) is 12.5 Å². The number of nitrogens with one attached hydrogen (secondary N) is 1. The molecule has 1 N–H and O–H groups in total. The molecular weight excluding hydrogens is 400 g/mol. The molecule has 0 atom stereocenters. The monoisotopic (exact) mass is 426 g/mol. The van der Waals surface area contributed by atoms with Gasteiger partial charge in [-0.3, -0.25) is 4.79 Å². The molecule has 0 saturated carbocycles. The number of aromatic nitrogens is 4. The molecule has 5 rings (SSSR count). The standard InChI is InChI=1S/C25H26N6O/c32-25(17-31-18-26-22-10-3-4-11-23(22)31)27-20-9-7-8-19(16-20)21-12-13-24(29-28-21)30-14-5-1-2-6-15-30/h3-4,7-13,16,18H,1-2,5-6,14-15,17H2,(H,27,32). The van der Waals surface area contributed by atoms with Gasteiger partial charge in [-0.1, -0.05) is 37.1 Å². The van der Waals surface area contributed by atoms with E-state index in [4.69, 9.17) is 0 Å². The zero-order chi connectivity index (χ0) is 21.8. The van der Waals surface area contributed by atoms with Crippen molar-refractivity contribution in [3.05, 3.63) is 67.0 Å². The number of imidazole rings is 1. The first-order chi connectivity index (χ1) is 15.8. The first-order valence-corrected chi connectivity index (χ1v) is 11.2. The molecule has 7 nitrogen and oxygen atoms in total. The van der Waals surface area contributed by atoms with Crippen LogP contribution >= 0.6 is 0 Å². The molecule has 1 amide bonds. The number of carbonyl (C=O) groups is 1. The summed E-state index contributed by atoms with van der Waals surface area (Å²) in [5, 5.41) is 11.9. The van der Waals surface area contributed by atoms with Crippen LogP contribution in [-0.2, 0) is 11.3 Å². The van der Waals surface area contributed by atoms with Crippen LogP contribution in [0, 0.1) is 0 Å². The molecule has 4 aromatic rings. The second-order valence-corrected chi connectivity index (χ2v) is 8.17. The third-order valence-corrected chi connectivity index (χ3v) is 5.86. The fourth-order valence-electron chi connectivity index (χ4n) is 4.20. The molecule has 0 unspecified atom stereocenters. The zero-order valence-corrected chi connectivity index (χ0v) is 17.9. The third kappa shape index (κ3) is 4.46. The fraction of sp³-hybridized carbons (Fsp3) is 0.280. The largest absolute Gasteiger partial charge is 0.355 e. The summed E-state index contributed by atoms with van der Waals surface area (Å²) in [6.45, 7) is 2.29. The van der Waals surface area contributed by atoms with E-state index in [1.54, 1.807) is 6.33 Å². The highest BCUT2D eigenvalue weighted by Gasteiger charge is 2.12. The van der Waals surface area contributed by atoms with Crippen LogP contribution in [0.2, 0.25) is 0 Å². The van der Waals surface area contributed by atoms with Crippen LogP contribution in [0.15, 0.2) is 67.0 Å². The SMILES string of the molecule is O=C(Cn1cnc2ccccc21)Nc1cccc(-c2ccc(N3CCCCCC3)nn2)c1. The highest BCUT2D eigenvalue weighted by molar-refractivity contribution is 5.92. The number of nitrogens with zero attached hydrogens (tertiary/aromatic N) is 5. The molecule has 32 heavy (non-hydrogen) atoms. The molecule has 162 valence electrons. The lowest BCUT2D eigenvalue weighted by molar-refractivity contribution is -0.116. The van der Waals surface area contributed by atoms with Crippen LogP contribution < -0.4 is 10.2 Å². The summed E-state index contributed by atoms with van der Waals surface area (Å²) in [6, 6.07) is 19.5. The summed E-state index contributed by atoms with van der Waals surface area (Å²) in [7, 11) is 0. The Bertz CT molecular complexity index is 1210. The van der Waals surface area contributed by atoms with Crippen molar-refractivity contribution in [3.8, 4) is 11.3 Å². The maximum atomic E-state index is 12.6. The van der Waals surface area contributed by atoms with E-state index in [0.29, 0.717) is 0 Å². The fourth-order valence-corrected chi connectivity index (χ4v) is 4.20. The summed E-state index contributed by atoms with van der Waals surface area (Å²) in [6.07, 6.45) is 6.69. The van der Waals surface area contributed by atoms with Crippen LogP contribution in [0.4, 0.5) is 11.5 Å². The average Bonchev–Trinajstić information content (AvgIpc) is 3.04. The Labute approximate surface area is 187 Å². The van der Waals surface area contributed by atoms with Crippen molar-refractivity contribution in [2.24, 2.45) is 0 Å². The minimum atomic E-state index is -0.104. The third-order valence-electron chi connectivity index (χ3n) is 5.86. The number of anilines is 2. The molecule has 3 heterocycles. The van der Waals surface area contributed by atoms with Gasteiger partial charge in [0.05, 0.1) is 23.1 Å². The van der Waals surface area contributed by atoms with E-state index in [9.17, 15) is 4.79 Å². The Morgan fingerprint density at radius 2 is 1.75 bits per heavy atom. The number of hydrogen-bond donors (Lipinski definition) is 1. The van der Waals surface area contributed by atoms with Crippen molar-refractivity contribution in [2.45, 2.75) is 32.2 Å². The van der Waals surface area contributed by atoms with Gasteiger partial charge in [0.1, 0.15) is 6.54 Å². The number of hydrogen-bond acceptors (Lipinski definition) is 5. The van der Waals surface area contributed by atoms with Crippen molar-refractivity contribution >= 4 is 28.4 Å². The average molecular weight is 427 g/mol. The summed E-state index contributed by atoms with van der Waals surface area (Å²) in [4.78, 5) is 19.3. The quantitative estimate of drug-likeness (QED) is 0.508. The van der Waals surface area contributed by atoms with Crippen molar-refractivity contribution in [3.63, 3.8) is 0 Å². The number of amides is 1. The predicted octanol–water partition coefficient (Wildman–Crippen LogP) is 4.51. The summed E-state index contributed by atoms with van der Waals surface area (Å²) in [5.74, 6) is 0.834. The molecule has 1 aliphatic rings. The lowest BCUT2D eigenvalue weighted by Crippen LogP contribution is -2.25. The molecule has 0 spiro atoms. The number of rotatable bonds is 5. The van der Waals surface area contributed by atoms with E-state index in [1.165, 1.54) is 25.7 Å². The molecule has 2 aromatic heterocycles. The molecule has 1 fully saturated rings. The van der Waals surface area contributed by atoms with Gasteiger partial charge in [-0.05, 0) is 49.2 Å². The Hall–Kier alpha value is -3.74. The molecule has 7 heteroatoms. The maximum absolute atomic E-state index is 12.6. The Kier molecular flexibility index (Phi) is 5.79. The second kappa shape index (κ2) is 9.18. The zero-order valence-electron chi connectivity index (χ0n) is 17.9. The van der Waals surface area contributed by atoms with Gasteiger partial charge in [0.15, 0.2) is 5.82 Å². The van der Waals surface area contributed by atoms with Crippen LogP contribution in [0.5, 0.6) is 0 Å². The second-order valence-electron chi connectivity index (χ2n) is 8.17. The van der Waals surface area contributed by atoms with Gasteiger partial charge in [-0.25, -0.2) is 4.98 Å². The van der Waals surface area contributed by atoms with Gasteiger partial charge in [0, 0.05) is 24.3 Å². The molecule has 0 radical (unpaired) electrons. The van der Waals surface area contributed by atoms with Gasteiger partial charge in [0.25, 0.3) is 0 Å². The first-order valence-electron chi connectivity index (χ1n) is 11.2. The minimum absolute atomic E-state index is 0.104. The van der Waals surface area contributed by atoms with E-state index in [1.807, 2.05) is 65.2 Å². The van der Waals surface area contributed by atoms with Gasteiger partial charge in [0.2, 0.25) is 5.91 Å². The Morgan fingerprint density at radius 1 is 0.906 bits per heavy atom. The Morgan fingerprint density at radius 3 is 2.56 bits per heavy atom. The molecule has 0 bridgehead atoms. The molecule has 1 saturated heterocycles. The first kappa shape index (κ1) is 20.2. The van der Waals surface area contributed by atoms with Gasteiger partial charge in [-0.15, -0.1) is 10.2 Å². The van der Waals surface area contributed by atoms with Gasteiger partial charge < -0.3 is 14.8 Å². The normalized spacial score (nSPS) is 14.3. The summed E-state index contributed by atoms with van der Waals surface area (Å²) < 4.78 is 1.85. The molecular formula is C25H26N6O. The predicted molar refractivity (Wildman–Crippen MR) is 127 cm³/mol. The van der Waals surface area contributed by atoms with Crippen molar-refractivity contribution in [1.29, 1.82) is 0 Å². The summed E-state index contributed by atoms with van der Waals surface area (Å²) in [5.41, 5.74) is 4.27. The Balaban J connectivity index is 1.27. The van der Waals surface area contributed by atoms with E-state index < -0.39 is 0 Å². The van der Waals surface area contributed by atoms with Crippen LogP contribution in [0.25, 0.3) is 22.3 Å². The topological polar surface area (TPSA) is 75.9 Å². The number of benzene rings is 2. The molecule has 0 aliphatic carbocycles. The van der Waals surface area contributed by atoms with Gasteiger partial charge >= 0.3 is 0 Å². The highest BCUT2D eigenvalue weighted by Crippen LogP contribution is 2.23. The smallest absolute Gasteiger partial charge is 0.244 e. The maximum Gasteiger partial charge on any atom is 0.244 e. The molecule has 2 aromatic carbocycles. The lowest BCUT2D eigenvalue weighted by atomic mass is 10.1. The van der Waals surface area contributed by atoms with E-state index in [2.05, 4.69) is 25.4 Å². The summed E-state index contributed by atoms with van der Waals surface area (Å²) >= 11 is 0. The van der Waals surface area contributed by atoms with Crippen LogP contribution in [0.3, 0.4) is 0 Å². The van der Waals surface area contributed by atoms with E-state index in [0.717, 1.165) is 46.9 Å². The van der Waals surface area contributed by atoms with E-state index >= 15 is 0 Å².